The predicted molar refractivity (Wildman–Crippen MR) is 141 cm³/mol. The van der Waals surface area contributed by atoms with Gasteiger partial charge < -0.3 is 23.8 Å². The molecule has 8 nitrogen and oxygen atoms in total. The Hall–Kier alpha value is -4.20. The summed E-state index contributed by atoms with van der Waals surface area (Å²) in [5.74, 6) is 1.86. The van der Waals surface area contributed by atoms with E-state index in [2.05, 4.69) is 0 Å². The molecule has 8 heteroatoms. The maximum absolute atomic E-state index is 13.5. The van der Waals surface area contributed by atoms with E-state index < -0.39 is 0 Å². The number of carbonyl (C=O) groups excluding carboxylic acids is 2. The van der Waals surface area contributed by atoms with Crippen LogP contribution in [0.2, 0.25) is 0 Å². The minimum absolute atomic E-state index is 0.0203. The van der Waals surface area contributed by atoms with Crippen molar-refractivity contribution in [1.29, 1.82) is 0 Å². The van der Waals surface area contributed by atoms with Crippen LogP contribution in [0.15, 0.2) is 66.7 Å². The zero-order valence-corrected chi connectivity index (χ0v) is 21.3. The Morgan fingerprint density at radius 1 is 0.947 bits per heavy atom. The lowest BCUT2D eigenvalue weighted by atomic mass is 10.00. The fraction of sp³-hybridized carbons (Fsp3) is 0.333. The predicted octanol–water partition coefficient (Wildman–Crippen LogP) is 5.36. The van der Waals surface area contributed by atoms with Crippen LogP contribution in [0.5, 0.6) is 17.2 Å². The van der Waals surface area contributed by atoms with Crippen molar-refractivity contribution in [2.45, 2.75) is 38.0 Å². The van der Waals surface area contributed by atoms with Gasteiger partial charge in [0.2, 0.25) is 0 Å². The summed E-state index contributed by atoms with van der Waals surface area (Å²) in [6, 6.07) is 21.1. The van der Waals surface area contributed by atoms with Crippen molar-refractivity contribution in [1.82, 2.24) is 4.90 Å². The van der Waals surface area contributed by atoms with Crippen molar-refractivity contribution >= 4 is 17.7 Å². The number of cyclic esters (lactones) is 1. The van der Waals surface area contributed by atoms with Crippen molar-refractivity contribution in [2.75, 3.05) is 31.7 Å². The van der Waals surface area contributed by atoms with Crippen molar-refractivity contribution in [2.24, 2.45) is 0 Å². The van der Waals surface area contributed by atoms with E-state index in [1.807, 2.05) is 59.5 Å². The number of ether oxygens (including phenoxy) is 4. The van der Waals surface area contributed by atoms with Crippen LogP contribution in [0.25, 0.3) is 0 Å². The normalized spacial score (nSPS) is 19.1. The summed E-state index contributed by atoms with van der Waals surface area (Å²) in [6.07, 6.45) is 1.63. The number of hydrogen-bond acceptors (Lipinski definition) is 6. The van der Waals surface area contributed by atoms with Gasteiger partial charge in [-0.25, -0.2) is 4.79 Å². The first-order chi connectivity index (χ1) is 18.6. The van der Waals surface area contributed by atoms with Crippen molar-refractivity contribution in [3.63, 3.8) is 0 Å². The third kappa shape index (κ3) is 4.51. The second-order valence-electron chi connectivity index (χ2n) is 9.72. The summed E-state index contributed by atoms with van der Waals surface area (Å²) >= 11 is 0. The van der Waals surface area contributed by atoms with E-state index >= 15 is 0 Å². The van der Waals surface area contributed by atoms with E-state index in [1.165, 1.54) is 0 Å². The van der Waals surface area contributed by atoms with E-state index in [9.17, 15) is 9.59 Å². The Bertz CT molecular complexity index is 1350. The molecule has 0 N–H and O–H groups in total. The van der Waals surface area contributed by atoms with Crippen molar-refractivity contribution < 1.29 is 28.5 Å². The van der Waals surface area contributed by atoms with Crippen LogP contribution in [-0.4, -0.2) is 49.7 Å². The number of carbonyl (C=O) groups is 2. The number of amides is 2. The van der Waals surface area contributed by atoms with Crippen LogP contribution >= 0.6 is 0 Å². The van der Waals surface area contributed by atoms with Gasteiger partial charge in [0.25, 0.3) is 5.91 Å². The summed E-state index contributed by atoms with van der Waals surface area (Å²) in [7, 11) is 1.56. The molecule has 3 heterocycles. The van der Waals surface area contributed by atoms with Gasteiger partial charge in [0, 0.05) is 42.7 Å². The van der Waals surface area contributed by atoms with Crippen LogP contribution < -0.4 is 19.1 Å². The first-order valence-electron chi connectivity index (χ1n) is 13.0. The third-order valence-electron chi connectivity index (χ3n) is 7.50. The molecule has 1 saturated heterocycles. The molecule has 38 heavy (non-hydrogen) atoms. The molecule has 3 aliphatic rings. The molecule has 1 atom stereocenters. The Balaban J connectivity index is 1.14. The lowest BCUT2D eigenvalue weighted by Gasteiger charge is -2.40. The minimum atomic E-state index is -0.321. The molecule has 6 rings (SSSR count). The van der Waals surface area contributed by atoms with Gasteiger partial charge in [0.15, 0.2) is 0 Å². The van der Waals surface area contributed by atoms with Crippen LogP contribution in [0, 0.1) is 0 Å². The molecule has 3 aromatic rings. The average Bonchev–Trinajstić information content (AvgIpc) is 2.97. The number of rotatable bonds is 5. The summed E-state index contributed by atoms with van der Waals surface area (Å²) in [5, 5.41) is 0. The number of fused-ring (bicyclic) bond motifs is 2. The van der Waals surface area contributed by atoms with Crippen LogP contribution in [0.1, 0.15) is 46.9 Å². The van der Waals surface area contributed by atoms with Gasteiger partial charge in [-0.05, 0) is 37.1 Å². The van der Waals surface area contributed by atoms with E-state index in [1.54, 1.807) is 24.1 Å². The number of benzene rings is 3. The standard InChI is InChI=1S/C30H30N2O6/c1-35-28-18-22(38-27-14-17-36-26-9-5-3-7-23(26)27)10-11-24(28)29(33)31-15-12-21(13-16-31)32-25-8-4-2-6-20(25)19-37-30(32)34/h2-11,18,21,27H,12-17,19H2,1H3. The zero-order chi connectivity index (χ0) is 26.1. The first kappa shape index (κ1) is 24.2. The quantitative estimate of drug-likeness (QED) is 0.456. The Labute approximate surface area is 221 Å². The molecule has 0 radical (unpaired) electrons. The highest BCUT2D eigenvalue weighted by Crippen LogP contribution is 2.37. The Morgan fingerprint density at radius 3 is 2.58 bits per heavy atom. The van der Waals surface area contributed by atoms with E-state index in [0.717, 1.165) is 29.0 Å². The molecular weight excluding hydrogens is 484 g/mol. The number of piperidine rings is 1. The van der Waals surface area contributed by atoms with Gasteiger partial charge in [-0.3, -0.25) is 9.69 Å². The smallest absolute Gasteiger partial charge is 0.414 e. The number of methoxy groups -OCH3 is 1. The fourth-order valence-electron chi connectivity index (χ4n) is 5.54. The maximum atomic E-state index is 13.5. The molecule has 3 aromatic carbocycles. The minimum Gasteiger partial charge on any atom is -0.496 e. The fourth-order valence-corrected chi connectivity index (χ4v) is 5.54. The largest absolute Gasteiger partial charge is 0.496 e. The second-order valence-corrected chi connectivity index (χ2v) is 9.72. The van der Waals surface area contributed by atoms with E-state index in [0.29, 0.717) is 56.2 Å². The summed E-state index contributed by atoms with van der Waals surface area (Å²) in [6.45, 7) is 1.96. The second kappa shape index (κ2) is 10.3. The molecule has 3 aliphatic heterocycles. The number of likely N-dealkylation sites (tertiary alicyclic amines) is 1. The van der Waals surface area contributed by atoms with Crippen molar-refractivity contribution in [3.05, 3.63) is 83.4 Å². The first-order valence-corrected chi connectivity index (χ1v) is 13.0. The zero-order valence-electron chi connectivity index (χ0n) is 21.3. The Morgan fingerprint density at radius 2 is 1.74 bits per heavy atom. The maximum Gasteiger partial charge on any atom is 0.414 e. The highest BCUT2D eigenvalue weighted by atomic mass is 16.6. The molecule has 1 unspecified atom stereocenters. The molecule has 0 aliphatic carbocycles. The average molecular weight is 515 g/mol. The lowest BCUT2D eigenvalue weighted by molar-refractivity contribution is 0.0705. The monoisotopic (exact) mass is 514 g/mol. The van der Waals surface area contributed by atoms with Crippen LogP contribution in [0.4, 0.5) is 10.5 Å². The Kier molecular flexibility index (Phi) is 6.54. The number of anilines is 1. The molecule has 196 valence electrons. The van der Waals surface area contributed by atoms with Gasteiger partial charge in [-0.15, -0.1) is 0 Å². The lowest BCUT2D eigenvalue weighted by Crippen LogP contribution is -2.50. The van der Waals surface area contributed by atoms with Gasteiger partial charge in [0.05, 0.1) is 25.0 Å². The van der Waals surface area contributed by atoms with Crippen LogP contribution in [0.3, 0.4) is 0 Å². The summed E-state index contributed by atoms with van der Waals surface area (Å²) in [5.41, 5.74) is 3.41. The van der Waals surface area contributed by atoms with Gasteiger partial charge in [0.1, 0.15) is 30.0 Å². The SMILES string of the molecule is COc1cc(OC2CCOc3ccccc32)ccc1C(=O)N1CCC(N2C(=O)OCc3ccccc32)CC1. The number of para-hydroxylation sites is 2. The molecule has 0 bridgehead atoms. The highest BCUT2D eigenvalue weighted by molar-refractivity contribution is 5.97. The van der Waals surface area contributed by atoms with E-state index in [4.69, 9.17) is 18.9 Å². The molecule has 0 spiro atoms. The van der Waals surface area contributed by atoms with Crippen molar-refractivity contribution in [3.8, 4) is 17.2 Å². The molecule has 0 saturated carbocycles. The van der Waals surface area contributed by atoms with Crippen LogP contribution in [-0.2, 0) is 11.3 Å². The molecular formula is C30H30N2O6. The summed E-state index contributed by atoms with van der Waals surface area (Å²) < 4.78 is 23.0. The number of hydrogen-bond donors (Lipinski definition) is 0. The van der Waals surface area contributed by atoms with Gasteiger partial charge in [-0.1, -0.05) is 36.4 Å². The molecule has 2 amide bonds. The highest BCUT2D eigenvalue weighted by Gasteiger charge is 2.35. The number of nitrogens with zero attached hydrogens (tertiary/aromatic N) is 2. The van der Waals surface area contributed by atoms with E-state index in [-0.39, 0.29) is 24.1 Å². The topological polar surface area (TPSA) is 77.5 Å². The third-order valence-corrected chi connectivity index (χ3v) is 7.50. The molecule has 1 fully saturated rings. The van der Waals surface area contributed by atoms with Gasteiger partial charge in [-0.2, -0.15) is 0 Å². The molecule has 0 aromatic heterocycles. The van der Waals surface area contributed by atoms with Gasteiger partial charge >= 0.3 is 6.09 Å². The summed E-state index contributed by atoms with van der Waals surface area (Å²) in [4.78, 5) is 29.7.